The predicted octanol–water partition coefficient (Wildman–Crippen LogP) is 2.41. The van der Waals surface area contributed by atoms with E-state index in [2.05, 4.69) is 6.04 Å². The molecule has 0 unspecified atom stereocenters. The number of carbonyl (C=O) groups is 1. The minimum absolute atomic E-state index is 0.129. The van der Waals surface area contributed by atoms with Crippen molar-refractivity contribution in [3.63, 3.8) is 0 Å². The molecule has 0 bridgehead atoms. The minimum Gasteiger partial charge on any atom is -0.488 e. The average Bonchev–Trinajstić information content (AvgIpc) is 2.52. The molecule has 0 spiro atoms. The van der Waals surface area contributed by atoms with Crippen LogP contribution in [0, 0.1) is 12.5 Å². The van der Waals surface area contributed by atoms with E-state index in [4.69, 9.17) is 15.9 Å². The molecule has 0 amide bonds. The molecule has 2 rings (SSSR count). The van der Waals surface area contributed by atoms with Crippen LogP contribution in [0.3, 0.4) is 0 Å². The van der Waals surface area contributed by atoms with Crippen LogP contribution in [0.4, 0.5) is 0 Å². The summed E-state index contributed by atoms with van der Waals surface area (Å²) in [5.74, 6) is -0.333. The van der Waals surface area contributed by atoms with Crippen LogP contribution in [0.1, 0.15) is 30.6 Å². The number of carbonyl (C=O) groups excluding carboxylic acids is 1. The van der Waals surface area contributed by atoms with Gasteiger partial charge in [0.25, 0.3) is 0 Å². The second-order valence-electron chi connectivity index (χ2n) is 4.59. The molecule has 5 nitrogen and oxygen atoms in total. The summed E-state index contributed by atoms with van der Waals surface area (Å²) in [7, 11) is 0. The zero-order valence-electron chi connectivity index (χ0n) is 12.6. The number of rotatable bonds is 5. The molecule has 0 atom stereocenters. The van der Waals surface area contributed by atoms with Crippen LogP contribution in [0.15, 0.2) is 29.1 Å². The lowest BCUT2D eigenvalue weighted by Crippen LogP contribution is -2.20. The molecule has 0 aliphatic carbocycles. The van der Waals surface area contributed by atoms with Crippen LogP contribution < -0.4 is 10.3 Å². The van der Waals surface area contributed by atoms with Gasteiger partial charge < -0.3 is 9.47 Å². The van der Waals surface area contributed by atoms with Crippen LogP contribution in [-0.2, 0) is 4.74 Å². The summed E-state index contributed by atoms with van der Waals surface area (Å²) in [5, 5.41) is 0.532. The Morgan fingerprint density at radius 2 is 2.14 bits per heavy atom. The molecule has 5 heteroatoms. The number of benzene rings is 1. The third-order valence-corrected chi connectivity index (χ3v) is 3.10. The lowest BCUT2D eigenvalue weighted by atomic mass is 10.1. The first kappa shape index (κ1) is 15.6. The van der Waals surface area contributed by atoms with E-state index >= 15 is 0 Å². The molecular weight excluding hydrogens is 282 g/mol. The average molecular weight is 299 g/mol. The van der Waals surface area contributed by atoms with Crippen molar-refractivity contribution in [2.45, 2.75) is 20.3 Å². The summed E-state index contributed by atoms with van der Waals surface area (Å²) in [6.07, 6.45) is 6.20. The van der Waals surface area contributed by atoms with Crippen LogP contribution in [0.25, 0.3) is 10.9 Å². The van der Waals surface area contributed by atoms with E-state index < -0.39 is 11.5 Å². The lowest BCUT2D eigenvalue weighted by molar-refractivity contribution is 0.0528. The second-order valence-corrected chi connectivity index (χ2v) is 4.59. The Balaban J connectivity index is 2.73. The molecule has 1 aromatic carbocycles. The number of nitrogens with zero attached hydrogens (tertiary/aromatic N) is 1. The zero-order chi connectivity index (χ0) is 16.1. The fourth-order valence-electron chi connectivity index (χ4n) is 2.14. The van der Waals surface area contributed by atoms with Gasteiger partial charge in [0.2, 0.25) is 0 Å². The standard InChI is InChI=1S/C17H17NO4/c1-4-10-22-15-11-13-12(17(20)21-6-3)8-7-9-14(13)18(5-2)16(15)19/h2,7-9,11H,4,6,10H2,1,3H3. The van der Waals surface area contributed by atoms with Gasteiger partial charge in [-0.15, -0.1) is 0 Å². The van der Waals surface area contributed by atoms with Crippen molar-refractivity contribution < 1.29 is 14.3 Å². The Labute approximate surface area is 128 Å². The molecule has 0 N–H and O–H groups in total. The Kier molecular flexibility index (Phi) is 4.84. The van der Waals surface area contributed by atoms with Gasteiger partial charge in [-0.1, -0.05) is 19.4 Å². The molecule has 0 fully saturated rings. The Morgan fingerprint density at radius 1 is 1.36 bits per heavy atom. The van der Waals surface area contributed by atoms with Gasteiger partial charge in [-0.05, 0) is 31.5 Å². The van der Waals surface area contributed by atoms with Gasteiger partial charge in [0.15, 0.2) is 5.75 Å². The summed E-state index contributed by atoms with van der Waals surface area (Å²) < 4.78 is 11.6. The Bertz CT molecular complexity index is 799. The molecule has 2 aromatic rings. The van der Waals surface area contributed by atoms with E-state index in [1.807, 2.05) is 6.92 Å². The van der Waals surface area contributed by atoms with Crippen molar-refractivity contribution in [1.82, 2.24) is 4.57 Å². The van der Waals surface area contributed by atoms with Crippen molar-refractivity contribution >= 4 is 16.9 Å². The predicted molar refractivity (Wildman–Crippen MR) is 84.2 cm³/mol. The number of terminal acetylenes is 1. The fourth-order valence-corrected chi connectivity index (χ4v) is 2.14. The number of hydrogen-bond acceptors (Lipinski definition) is 4. The van der Waals surface area contributed by atoms with E-state index in [9.17, 15) is 9.59 Å². The topological polar surface area (TPSA) is 57.5 Å². The lowest BCUT2D eigenvalue weighted by Gasteiger charge is -2.11. The summed E-state index contributed by atoms with van der Waals surface area (Å²) in [5.41, 5.74) is 0.413. The van der Waals surface area contributed by atoms with E-state index in [-0.39, 0.29) is 12.4 Å². The molecule has 1 heterocycles. The molecule has 1 aromatic heterocycles. The zero-order valence-corrected chi connectivity index (χ0v) is 12.6. The third kappa shape index (κ3) is 2.82. The summed E-state index contributed by atoms with van der Waals surface area (Å²) in [6.45, 7) is 4.33. The highest BCUT2D eigenvalue weighted by molar-refractivity contribution is 6.04. The van der Waals surface area contributed by atoms with E-state index in [0.717, 1.165) is 11.0 Å². The first-order valence-electron chi connectivity index (χ1n) is 7.09. The Hall–Kier alpha value is -2.74. The number of fused-ring (bicyclic) bond motifs is 1. The monoisotopic (exact) mass is 299 g/mol. The van der Waals surface area contributed by atoms with Gasteiger partial charge in [0.1, 0.15) is 0 Å². The smallest absolute Gasteiger partial charge is 0.338 e. The van der Waals surface area contributed by atoms with Gasteiger partial charge in [0, 0.05) is 11.4 Å². The minimum atomic E-state index is -0.461. The van der Waals surface area contributed by atoms with Crippen LogP contribution in [0.2, 0.25) is 0 Å². The molecule has 0 aliphatic heterocycles. The summed E-state index contributed by atoms with van der Waals surface area (Å²) in [6, 6.07) is 8.85. The van der Waals surface area contributed by atoms with Gasteiger partial charge in [-0.3, -0.25) is 4.79 Å². The highest BCUT2D eigenvalue weighted by Gasteiger charge is 2.16. The Morgan fingerprint density at radius 3 is 2.77 bits per heavy atom. The molecule has 0 saturated heterocycles. The van der Waals surface area contributed by atoms with Crippen LogP contribution in [-0.4, -0.2) is 23.8 Å². The number of esters is 1. The van der Waals surface area contributed by atoms with Crippen LogP contribution in [0.5, 0.6) is 5.75 Å². The van der Waals surface area contributed by atoms with Crippen molar-refractivity contribution in [3.8, 4) is 18.2 Å². The maximum absolute atomic E-state index is 12.3. The molecule has 0 aliphatic rings. The molecule has 22 heavy (non-hydrogen) atoms. The van der Waals surface area contributed by atoms with E-state index in [0.29, 0.717) is 23.1 Å². The van der Waals surface area contributed by atoms with Crippen molar-refractivity contribution in [3.05, 3.63) is 40.2 Å². The van der Waals surface area contributed by atoms with Gasteiger partial charge in [-0.25, -0.2) is 9.36 Å². The number of pyridine rings is 1. The SMILES string of the molecule is C#Cn1c(=O)c(OCCC)cc2c(C(=O)OCC)cccc21. The van der Waals surface area contributed by atoms with Crippen LogP contribution >= 0.6 is 0 Å². The fraction of sp³-hybridized carbons (Fsp3) is 0.294. The third-order valence-electron chi connectivity index (χ3n) is 3.10. The van der Waals surface area contributed by atoms with Crippen molar-refractivity contribution in [2.24, 2.45) is 0 Å². The van der Waals surface area contributed by atoms with Crippen molar-refractivity contribution in [1.29, 1.82) is 0 Å². The number of ether oxygens (including phenoxy) is 2. The quantitative estimate of drug-likeness (QED) is 0.628. The largest absolute Gasteiger partial charge is 0.488 e. The maximum Gasteiger partial charge on any atom is 0.338 e. The van der Waals surface area contributed by atoms with Gasteiger partial charge in [0.05, 0.1) is 24.3 Å². The first-order chi connectivity index (χ1) is 10.6. The number of aromatic nitrogens is 1. The van der Waals surface area contributed by atoms with E-state index in [1.165, 1.54) is 0 Å². The summed E-state index contributed by atoms with van der Waals surface area (Å²) >= 11 is 0. The maximum atomic E-state index is 12.3. The summed E-state index contributed by atoms with van der Waals surface area (Å²) in [4.78, 5) is 24.4. The van der Waals surface area contributed by atoms with Gasteiger partial charge >= 0.3 is 11.5 Å². The second kappa shape index (κ2) is 6.81. The molecular formula is C17H17NO4. The van der Waals surface area contributed by atoms with Crippen molar-refractivity contribution in [2.75, 3.05) is 13.2 Å². The molecule has 114 valence electrons. The highest BCUT2D eigenvalue weighted by atomic mass is 16.5. The van der Waals surface area contributed by atoms with Gasteiger partial charge in [-0.2, -0.15) is 0 Å². The normalized spacial score (nSPS) is 10.2. The molecule has 0 radical (unpaired) electrons. The van der Waals surface area contributed by atoms with E-state index in [1.54, 1.807) is 31.2 Å². The number of hydrogen-bond donors (Lipinski definition) is 0. The highest BCUT2D eigenvalue weighted by Crippen LogP contribution is 2.22. The first-order valence-corrected chi connectivity index (χ1v) is 7.09. The molecule has 0 saturated carbocycles.